The third-order valence-corrected chi connectivity index (χ3v) is 3.49. The van der Waals surface area contributed by atoms with Gasteiger partial charge < -0.3 is 0 Å². The van der Waals surface area contributed by atoms with E-state index >= 15 is 0 Å². The van der Waals surface area contributed by atoms with Gasteiger partial charge in [0.2, 0.25) is 0 Å². The molecule has 0 heterocycles. The van der Waals surface area contributed by atoms with Crippen molar-refractivity contribution in [3.63, 3.8) is 0 Å². The molecule has 1 saturated carbocycles. The van der Waals surface area contributed by atoms with E-state index in [0.717, 1.165) is 11.8 Å². The second-order valence-electron chi connectivity index (χ2n) is 4.41. The molecule has 56 valence electrons. The Hall–Kier alpha value is -0.780. The van der Waals surface area contributed by atoms with E-state index in [9.17, 15) is 0 Å². The van der Waals surface area contributed by atoms with Crippen LogP contribution in [0.2, 0.25) is 0 Å². The lowest BCUT2D eigenvalue weighted by molar-refractivity contribution is 0.622. The normalized spacial score (nSPS) is 35.1. The van der Waals surface area contributed by atoms with E-state index in [-0.39, 0.29) is 0 Å². The van der Waals surface area contributed by atoms with Crippen LogP contribution in [0.25, 0.3) is 0 Å². The molecule has 0 aliphatic heterocycles. The standard InChI is InChI=1S/C11H12/c1-11(2)9-7-5-3-4-6-8(7)10(9)11/h3-6,9-10H,1-2H3. The number of benzene rings is 1. The van der Waals surface area contributed by atoms with Gasteiger partial charge in [0.25, 0.3) is 0 Å². The molecule has 1 fully saturated rings. The van der Waals surface area contributed by atoms with Gasteiger partial charge in [0.1, 0.15) is 0 Å². The van der Waals surface area contributed by atoms with Crippen molar-refractivity contribution >= 4 is 0 Å². The minimum Gasteiger partial charge on any atom is -0.0620 e. The lowest BCUT2D eigenvalue weighted by atomic mass is 9.89. The molecule has 0 heteroatoms. The molecule has 3 rings (SSSR count). The highest BCUT2D eigenvalue weighted by molar-refractivity contribution is 5.57. The second-order valence-corrected chi connectivity index (χ2v) is 4.41. The molecule has 0 nitrogen and oxygen atoms in total. The average Bonchev–Trinajstić information content (AvgIpc) is 2.39. The molecule has 2 unspecified atom stereocenters. The van der Waals surface area contributed by atoms with Crippen LogP contribution in [0, 0.1) is 5.41 Å². The fraction of sp³-hybridized carbons (Fsp3) is 0.455. The van der Waals surface area contributed by atoms with E-state index in [1.54, 1.807) is 11.1 Å². The van der Waals surface area contributed by atoms with E-state index in [4.69, 9.17) is 0 Å². The van der Waals surface area contributed by atoms with Gasteiger partial charge >= 0.3 is 0 Å². The van der Waals surface area contributed by atoms with Gasteiger partial charge in [-0.1, -0.05) is 38.1 Å². The van der Waals surface area contributed by atoms with Crippen LogP contribution < -0.4 is 0 Å². The molecule has 1 aromatic carbocycles. The van der Waals surface area contributed by atoms with E-state index in [1.165, 1.54) is 0 Å². The van der Waals surface area contributed by atoms with Gasteiger partial charge in [-0.05, 0) is 28.4 Å². The molecule has 0 amide bonds. The minimum atomic E-state index is 0.587. The van der Waals surface area contributed by atoms with Gasteiger partial charge in [-0.2, -0.15) is 0 Å². The van der Waals surface area contributed by atoms with E-state index in [2.05, 4.69) is 38.1 Å². The van der Waals surface area contributed by atoms with E-state index < -0.39 is 0 Å². The van der Waals surface area contributed by atoms with Crippen molar-refractivity contribution in [3.8, 4) is 0 Å². The maximum Gasteiger partial charge on any atom is -0.00274 e. The van der Waals surface area contributed by atoms with Gasteiger partial charge in [0, 0.05) is 0 Å². The van der Waals surface area contributed by atoms with Crippen LogP contribution in [-0.4, -0.2) is 0 Å². The lowest BCUT2D eigenvalue weighted by Crippen LogP contribution is -1.99. The summed E-state index contributed by atoms with van der Waals surface area (Å²) in [6.07, 6.45) is 0. The minimum absolute atomic E-state index is 0.587. The Morgan fingerprint density at radius 3 is 1.91 bits per heavy atom. The van der Waals surface area contributed by atoms with Crippen molar-refractivity contribution in [1.82, 2.24) is 0 Å². The van der Waals surface area contributed by atoms with Gasteiger partial charge in [0.05, 0.1) is 0 Å². The number of hydrogen-bond acceptors (Lipinski definition) is 0. The third kappa shape index (κ3) is 0.463. The second kappa shape index (κ2) is 1.38. The molecule has 0 radical (unpaired) electrons. The summed E-state index contributed by atoms with van der Waals surface area (Å²) in [5.41, 5.74) is 3.81. The smallest absolute Gasteiger partial charge is 0.00274 e. The van der Waals surface area contributed by atoms with Crippen LogP contribution in [-0.2, 0) is 0 Å². The average molecular weight is 144 g/mol. The van der Waals surface area contributed by atoms with Gasteiger partial charge in [-0.25, -0.2) is 0 Å². The Balaban J connectivity index is 2.16. The number of rotatable bonds is 0. The quantitative estimate of drug-likeness (QED) is 0.525. The van der Waals surface area contributed by atoms with Gasteiger partial charge in [-0.3, -0.25) is 0 Å². The van der Waals surface area contributed by atoms with Crippen molar-refractivity contribution in [3.05, 3.63) is 35.4 Å². The number of hydrogen-bond donors (Lipinski definition) is 0. The maximum absolute atomic E-state index is 2.38. The summed E-state index contributed by atoms with van der Waals surface area (Å²) in [7, 11) is 0. The van der Waals surface area contributed by atoms with Crippen molar-refractivity contribution in [2.24, 2.45) is 5.41 Å². The monoisotopic (exact) mass is 144 g/mol. The zero-order valence-electron chi connectivity index (χ0n) is 6.96. The first kappa shape index (κ1) is 5.82. The van der Waals surface area contributed by atoms with Crippen LogP contribution in [0.15, 0.2) is 24.3 Å². The molecule has 1 aromatic rings. The zero-order chi connectivity index (χ0) is 7.64. The number of fused-ring (bicyclic) bond motifs is 4. The summed E-state index contributed by atoms with van der Waals surface area (Å²) >= 11 is 0. The summed E-state index contributed by atoms with van der Waals surface area (Å²) in [6, 6.07) is 8.88. The zero-order valence-corrected chi connectivity index (χ0v) is 6.96. The molecule has 0 N–H and O–H groups in total. The van der Waals surface area contributed by atoms with E-state index in [0.29, 0.717) is 5.41 Å². The van der Waals surface area contributed by atoms with Gasteiger partial charge in [0.15, 0.2) is 0 Å². The summed E-state index contributed by atoms with van der Waals surface area (Å²) in [6.45, 7) is 4.75. The first-order valence-corrected chi connectivity index (χ1v) is 4.32. The molecule has 2 aliphatic rings. The van der Waals surface area contributed by atoms with Crippen LogP contribution >= 0.6 is 0 Å². The van der Waals surface area contributed by atoms with Crippen LogP contribution in [0.4, 0.5) is 0 Å². The highest BCUT2D eigenvalue weighted by Crippen LogP contribution is 2.78. The third-order valence-electron chi connectivity index (χ3n) is 3.49. The maximum atomic E-state index is 2.38. The topological polar surface area (TPSA) is 0 Å². The van der Waals surface area contributed by atoms with Crippen molar-refractivity contribution in [2.45, 2.75) is 25.7 Å². The Morgan fingerprint density at radius 1 is 1.00 bits per heavy atom. The SMILES string of the molecule is CC1(C)C2c3ccccc3C21. The fourth-order valence-corrected chi connectivity index (χ4v) is 2.78. The highest BCUT2D eigenvalue weighted by atomic mass is 14.7. The molecule has 2 atom stereocenters. The van der Waals surface area contributed by atoms with Gasteiger partial charge in [-0.15, -0.1) is 0 Å². The van der Waals surface area contributed by atoms with Crippen LogP contribution in [0.5, 0.6) is 0 Å². The molecule has 0 aromatic heterocycles. The predicted octanol–water partition coefficient (Wildman–Crippen LogP) is 2.91. The Morgan fingerprint density at radius 2 is 1.45 bits per heavy atom. The largest absolute Gasteiger partial charge is 0.0620 e. The molecule has 2 aliphatic carbocycles. The summed E-state index contributed by atoms with van der Waals surface area (Å²) in [5.74, 6) is 1.80. The fourth-order valence-electron chi connectivity index (χ4n) is 2.78. The Labute approximate surface area is 67.2 Å². The molecular formula is C11H12. The molecule has 0 spiro atoms. The predicted molar refractivity (Wildman–Crippen MR) is 45.7 cm³/mol. The van der Waals surface area contributed by atoms with Crippen molar-refractivity contribution in [2.75, 3.05) is 0 Å². The van der Waals surface area contributed by atoms with Crippen LogP contribution in [0.3, 0.4) is 0 Å². The lowest BCUT2D eigenvalue weighted by Gasteiger charge is -2.15. The highest BCUT2D eigenvalue weighted by Gasteiger charge is 2.66. The first-order chi connectivity index (χ1) is 5.23. The van der Waals surface area contributed by atoms with Crippen LogP contribution in [0.1, 0.15) is 36.8 Å². The summed E-state index contributed by atoms with van der Waals surface area (Å²) < 4.78 is 0. The van der Waals surface area contributed by atoms with Crippen molar-refractivity contribution < 1.29 is 0 Å². The molecular weight excluding hydrogens is 132 g/mol. The molecule has 11 heavy (non-hydrogen) atoms. The first-order valence-electron chi connectivity index (χ1n) is 4.32. The molecule has 0 bridgehead atoms. The Bertz CT molecular complexity index is 292. The Kier molecular flexibility index (Phi) is 0.732. The summed E-state index contributed by atoms with van der Waals surface area (Å²) in [5, 5.41) is 0. The summed E-state index contributed by atoms with van der Waals surface area (Å²) in [4.78, 5) is 0. The van der Waals surface area contributed by atoms with E-state index in [1.807, 2.05) is 0 Å². The van der Waals surface area contributed by atoms with Crippen molar-refractivity contribution in [1.29, 1.82) is 0 Å². The molecule has 0 saturated heterocycles.